The molecular weight excluding hydrogens is 212 g/mol. The molecule has 0 atom stereocenters. The van der Waals surface area contributed by atoms with Gasteiger partial charge in [0.05, 0.1) is 0 Å². The van der Waals surface area contributed by atoms with Crippen LogP contribution in [0, 0.1) is 0 Å². The van der Waals surface area contributed by atoms with Crippen molar-refractivity contribution < 1.29 is 9.59 Å². The number of rotatable bonds is 10. The first-order chi connectivity index (χ1) is 8.20. The summed E-state index contributed by atoms with van der Waals surface area (Å²) >= 11 is 0. The summed E-state index contributed by atoms with van der Waals surface area (Å²) < 4.78 is 0. The maximum atomic E-state index is 11.4. The van der Waals surface area contributed by atoms with Gasteiger partial charge in [-0.25, -0.2) is 0 Å². The average Bonchev–Trinajstić information content (AvgIpc) is 2.33. The zero-order valence-electron chi connectivity index (χ0n) is 11.1. The van der Waals surface area contributed by atoms with Crippen LogP contribution >= 0.6 is 0 Å². The molecule has 0 fully saturated rings. The minimum atomic E-state index is 0.241. The van der Waals surface area contributed by atoms with Gasteiger partial charge in [-0.05, 0) is 6.42 Å². The second-order valence-corrected chi connectivity index (χ2v) is 4.15. The lowest BCUT2D eigenvalue weighted by atomic mass is 10.1. The lowest BCUT2D eigenvalue weighted by Gasteiger charge is -1.95. The van der Waals surface area contributed by atoms with Gasteiger partial charge in [0, 0.05) is 25.7 Å². The van der Waals surface area contributed by atoms with E-state index in [9.17, 15) is 9.59 Å². The quantitative estimate of drug-likeness (QED) is 0.424. The van der Waals surface area contributed by atoms with E-state index in [0.29, 0.717) is 31.5 Å². The van der Waals surface area contributed by atoms with E-state index < -0.39 is 0 Å². The lowest BCUT2D eigenvalue weighted by Crippen LogP contribution is -1.94. The molecule has 0 aromatic carbocycles. The summed E-state index contributed by atoms with van der Waals surface area (Å²) in [4.78, 5) is 22.3. The van der Waals surface area contributed by atoms with Crippen LogP contribution < -0.4 is 0 Å². The van der Waals surface area contributed by atoms with Gasteiger partial charge < -0.3 is 0 Å². The Kier molecular flexibility index (Phi) is 10.5. The minimum absolute atomic E-state index is 0.241. The third-order valence-electron chi connectivity index (χ3n) is 2.53. The topological polar surface area (TPSA) is 34.1 Å². The second kappa shape index (κ2) is 11.3. The third kappa shape index (κ3) is 11.1. The van der Waals surface area contributed by atoms with Crippen molar-refractivity contribution in [2.24, 2.45) is 0 Å². The monoisotopic (exact) mass is 236 g/mol. The molecule has 0 unspecified atom stereocenters. The van der Waals surface area contributed by atoms with Crippen LogP contribution in [0.4, 0.5) is 0 Å². The molecule has 0 N–H and O–H groups in total. The van der Waals surface area contributed by atoms with E-state index in [-0.39, 0.29) is 5.78 Å². The number of carbonyl (C=O) groups is 2. The molecule has 96 valence electrons. The highest BCUT2D eigenvalue weighted by atomic mass is 16.1. The molecule has 0 aromatic rings. The fourth-order valence-electron chi connectivity index (χ4n) is 1.37. The Bertz CT molecular complexity index is 275. The maximum absolute atomic E-state index is 11.4. The van der Waals surface area contributed by atoms with Gasteiger partial charge in [0.2, 0.25) is 0 Å². The summed E-state index contributed by atoms with van der Waals surface area (Å²) in [6.45, 7) is 3.99. The third-order valence-corrected chi connectivity index (χ3v) is 2.53. The normalized spacial score (nSPS) is 11.4. The maximum Gasteiger partial charge on any atom is 0.136 e. The molecule has 0 radical (unpaired) electrons. The van der Waals surface area contributed by atoms with Crippen LogP contribution in [0.2, 0.25) is 0 Å². The molecule has 17 heavy (non-hydrogen) atoms. The first-order valence-electron chi connectivity index (χ1n) is 6.55. The van der Waals surface area contributed by atoms with Crippen molar-refractivity contribution in [3.63, 3.8) is 0 Å². The Hall–Kier alpha value is -1.18. The first kappa shape index (κ1) is 15.8. The van der Waals surface area contributed by atoms with Gasteiger partial charge in [0.25, 0.3) is 0 Å². The highest BCUT2D eigenvalue weighted by molar-refractivity contribution is 5.80. The van der Waals surface area contributed by atoms with Crippen LogP contribution in [-0.2, 0) is 9.59 Å². The van der Waals surface area contributed by atoms with Crippen LogP contribution in [0.25, 0.3) is 0 Å². The van der Waals surface area contributed by atoms with Gasteiger partial charge in [-0.1, -0.05) is 51.0 Å². The van der Waals surface area contributed by atoms with Crippen molar-refractivity contribution in [1.82, 2.24) is 0 Å². The summed E-state index contributed by atoms with van der Waals surface area (Å²) in [6, 6.07) is 0. The molecule has 0 aliphatic carbocycles. The number of ketones is 2. The summed E-state index contributed by atoms with van der Waals surface area (Å²) in [6.07, 6.45) is 13.0. The molecule has 0 bridgehead atoms. The van der Waals surface area contributed by atoms with Gasteiger partial charge in [-0.3, -0.25) is 9.59 Å². The van der Waals surface area contributed by atoms with Gasteiger partial charge in [-0.2, -0.15) is 0 Å². The highest BCUT2D eigenvalue weighted by Gasteiger charge is 1.97. The molecule has 2 heteroatoms. The largest absolute Gasteiger partial charge is 0.299 e. The summed E-state index contributed by atoms with van der Waals surface area (Å²) in [5, 5.41) is 0. The molecule has 0 aromatic heterocycles. The summed E-state index contributed by atoms with van der Waals surface area (Å²) in [7, 11) is 0. The van der Waals surface area contributed by atoms with E-state index in [4.69, 9.17) is 0 Å². The molecule has 0 rings (SSSR count). The Morgan fingerprint density at radius 2 is 1.47 bits per heavy atom. The van der Waals surface area contributed by atoms with Crippen LogP contribution in [-0.4, -0.2) is 11.6 Å². The van der Waals surface area contributed by atoms with Gasteiger partial charge >= 0.3 is 0 Å². The lowest BCUT2D eigenvalue weighted by molar-refractivity contribution is -0.119. The standard InChI is InChI=1S/C15H24O2/c1-3-5-8-12-15(17)13-10-7-6-9-11-14(16)4-2/h6-7,9-10H,3-5,8,11-13H2,1-2H3. The van der Waals surface area contributed by atoms with E-state index in [1.54, 1.807) is 0 Å². The van der Waals surface area contributed by atoms with Gasteiger partial charge in [0.1, 0.15) is 11.6 Å². The van der Waals surface area contributed by atoms with E-state index in [2.05, 4.69) is 6.92 Å². The molecule has 2 nitrogen and oxygen atoms in total. The van der Waals surface area contributed by atoms with E-state index in [1.807, 2.05) is 31.2 Å². The van der Waals surface area contributed by atoms with Crippen molar-refractivity contribution >= 4 is 11.6 Å². The molecule has 0 aliphatic heterocycles. The van der Waals surface area contributed by atoms with E-state index in [1.165, 1.54) is 0 Å². The molecule has 0 spiro atoms. The van der Waals surface area contributed by atoms with Crippen LogP contribution in [0.15, 0.2) is 24.3 Å². The molecule has 0 saturated heterocycles. The summed E-state index contributed by atoms with van der Waals surface area (Å²) in [5.41, 5.74) is 0. The van der Waals surface area contributed by atoms with Crippen LogP contribution in [0.5, 0.6) is 0 Å². The molecular formula is C15H24O2. The zero-order chi connectivity index (χ0) is 12.9. The second-order valence-electron chi connectivity index (χ2n) is 4.15. The number of hydrogen-bond acceptors (Lipinski definition) is 2. The zero-order valence-corrected chi connectivity index (χ0v) is 11.1. The first-order valence-corrected chi connectivity index (χ1v) is 6.55. The van der Waals surface area contributed by atoms with Crippen molar-refractivity contribution in [3.05, 3.63) is 24.3 Å². The predicted octanol–water partition coefficient (Wildman–Crippen LogP) is 4.01. The van der Waals surface area contributed by atoms with E-state index >= 15 is 0 Å². The Morgan fingerprint density at radius 1 is 0.882 bits per heavy atom. The van der Waals surface area contributed by atoms with Crippen molar-refractivity contribution in [3.8, 4) is 0 Å². The van der Waals surface area contributed by atoms with Gasteiger partial charge in [0.15, 0.2) is 0 Å². The van der Waals surface area contributed by atoms with Crippen LogP contribution in [0.1, 0.15) is 58.8 Å². The van der Waals surface area contributed by atoms with Crippen molar-refractivity contribution in [2.75, 3.05) is 0 Å². The van der Waals surface area contributed by atoms with Gasteiger partial charge in [-0.15, -0.1) is 0 Å². The number of carbonyl (C=O) groups excluding carboxylic acids is 2. The summed E-state index contributed by atoms with van der Waals surface area (Å²) in [5.74, 6) is 0.540. The minimum Gasteiger partial charge on any atom is -0.299 e. The molecule has 0 aliphatic rings. The number of unbranched alkanes of at least 4 members (excludes halogenated alkanes) is 2. The average molecular weight is 236 g/mol. The SMILES string of the molecule is CCCCCC(=O)CC=CC=CCC(=O)CC. The smallest absolute Gasteiger partial charge is 0.136 e. The molecule has 0 amide bonds. The van der Waals surface area contributed by atoms with Crippen molar-refractivity contribution in [2.45, 2.75) is 58.8 Å². The fraction of sp³-hybridized carbons (Fsp3) is 0.600. The molecule has 0 heterocycles. The van der Waals surface area contributed by atoms with E-state index in [0.717, 1.165) is 19.3 Å². The Morgan fingerprint density at radius 3 is 2.00 bits per heavy atom. The number of hydrogen-bond donors (Lipinski definition) is 0. The fourth-order valence-corrected chi connectivity index (χ4v) is 1.37. The highest BCUT2D eigenvalue weighted by Crippen LogP contribution is 2.02. The Labute approximate surface area is 105 Å². The van der Waals surface area contributed by atoms with Crippen molar-refractivity contribution in [1.29, 1.82) is 0 Å². The number of allylic oxidation sites excluding steroid dienone is 4. The molecule has 0 saturated carbocycles. The Balaban J connectivity index is 3.58. The van der Waals surface area contributed by atoms with Crippen LogP contribution in [0.3, 0.4) is 0 Å². The predicted molar refractivity (Wildman–Crippen MR) is 72.0 cm³/mol. The number of Topliss-reactive ketones (excluding diaryl/α,β-unsaturated/α-hetero) is 2.